The maximum Gasteiger partial charge on any atom is 0.335 e. The molecule has 8 atom stereocenters. The predicted octanol–water partition coefficient (Wildman–Crippen LogP) is 9.77. The normalized spacial score (nSPS) is 37.2. The fourth-order valence-corrected chi connectivity index (χ4v) is 13.7. The van der Waals surface area contributed by atoms with Gasteiger partial charge in [0.15, 0.2) is 0 Å². The average Bonchev–Trinajstić information content (AvgIpc) is 3.68. The van der Waals surface area contributed by atoms with Gasteiger partial charge >= 0.3 is 5.97 Å². The smallest absolute Gasteiger partial charge is 0.335 e. The molecule has 5 nitrogen and oxygen atoms in total. The summed E-state index contributed by atoms with van der Waals surface area (Å²) < 4.78 is 1.19. The van der Waals surface area contributed by atoms with Gasteiger partial charge in [0, 0.05) is 0 Å². The molecular formula is C41H50N2O3S. The predicted molar refractivity (Wildman–Crippen MR) is 189 cm³/mol. The van der Waals surface area contributed by atoms with Gasteiger partial charge in [0.1, 0.15) is 5.01 Å². The molecule has 0 saturated heterocycles. The molecule has 2 aromatic carbocycles. The first kappa shape index (κ1) is 31.3. The number of benzene rings is 2. The van der Waals surface area contributed by atoms with Gasteiger partial charge in [-0.2, -0.15) is 0 Å². The van der Waals surface area contributed by atoms with Crippen molar-refractivity contribution in [3.63, 3.8) is 0 Å². The summed E-state index contributed by atoms with van der Waals surface area (Å²) in [5, 5.41) is 13.8. The molecule has 0 radical (unpaired) electrons. The molecular weight excluding hydrogens is 601 g/mol. The van der Waals surface area contributed by atoms with Gasteiger partial charge in [-0.15, -0.1) is 11.3 Å². The van der Waals surface area contributed by atoms with E-state index in [1.54, 1.807) is 23.5 Å². The highest BCUT2D eigenvalue weighted by atomic mass is 32.1. The van der Waals surface area contributed by atoms with E-state index in [0.29, 0.717) is 53.0 Å². The Balaban J connectivity index is 1.02. The molecule has 4 unspecified atom stereocenters. The summed E-state index contributed by atoms with van der Waals surface area (Å²) in [5.41, 5.74) is 4.30. The lowest BCUT2D eigenvalue weighted by Crippen LogP contribution is -2.62. The highest BCUT2D eigenvalue weighted by Gasteiger charge is 2.66. The second kappa shape index (κ2) is 11.0. The average molecular weight is 651 g/mol. The lowest BCUT2D eigenvalue weighted by Gasteiger charge is -2.68. The number of carboxylic acids is 1. The van der Waals surface area contributed by atoms with Gasteiger partial charge in [0.05, 0.1) is 27.7 Å². The van der Waals surface area contributed by atoms with Crippen LogP contribution < -0.4 is 5.32 Å². The third-order valence-corrected chi connectivity index (χ3v) is 15.8. The monoisotopic (exact) mass is 650 g/mol. The summed E-state index contributed by atoms with van der Waals surface area (Å²) in [7, 11) is 0. The minimum atomic E-state index is -0.870. The SMILES string of the molecule is CC1(C)C(c2ccc(C(=O)O)cc2)=CC[C@@]2(C)C1CC[C@@]1(C)C3CC[C@@]4(C(=O)NCc5nc6ccccc6s5)CCCC4[C@H]3CCC12. The van der Waals surface area contributed by atoms with Crippen LogP contribution in [0.2, 0.25) is 0 Å². The number of fused-ring (bicyclic) bond motifs is 8. The first-order chi connectivity index (χ1) is 22.5. The molecule has 4 fully saturated rings. The van der Waals surface area contributed by atoms with Crippen molar-refractivity contribution in [2.45, 2.75) is 98.4 Å². The third-order valence-electron chi connectivity index (χ3n) is 14.7. The van der Waals surface area contributed by atoms with Crippen LogP contribution in [0.25, 0.3) is 15.8 Å². The van der Waals surface area contributed by atoms with Crippen molar-refractivity contribution >= 4 is 39.0 Å². The second-order valence-corrected chi connectivity index (χ2v) is 18.0. The van der Waals surface area contributed by atoms with E-state index in [4.69, 9.17) is 4.98 Å². The quantitative estimate of drug-likeness (QED) is 0.288. The van der Waals surface area contributed by atoms with E-state index in [0.717, 1.165) is 29.8 Å². The molecule has 5 aliphatic carbocycles. The first-order valence-electron chi connectivity index (χ1n) is 18.1. The van der Waals surface area contributed by atoms with Crippen LogP contribution in [0.5, 0.6) is 0 Å². The van der Waals surface area contributed by atoms with Crippen molar-refractivity contribution < 1.29 is 14.7 Å². The van der Waals surface area contributed by atoms with Crippen molar-refractivity contribution in [1.29, 1.82) is 0 Å². The zero-order chi connectivity index (χ0) is 32.8. The molecule has 0 bridgehead atoms. The zero-order valence-corrected chi connectivity index (χ0v) is 29.3. The number of nitrogens with zero attached hydrogens (tertiary/aromatic N) is 1. The molecule has 4 saturated carbocycles. The lowest BCUT2D eigenvalue weighted by molar-refractivity contribution is -0.181. The van der Waals surface area contributed by atoms with E-state index in [1.807, 2.05) is 18.2 Å². The highest BCUT2D eigenvalue weighted by molar-refractivity contribution is 7.18. The lowest BCUT2D eigenvalue weighted by atomic mass is 9.36. The highest BCUT2D eigenvalue weighted by Crippen LogP contribution is 2.73. The van der Waals surface area contributed by atoms with E-state index in [2.05, 4.69) is 57.3 Å². The molecule has 3 aromatic rings. The van der Waals surface area contributed by atoms with Gasteiger partial charge in [-0.1, -0.05) is 64.5 Å². The number of hydrogen-bond acceptors (Lipinski definition) is 4. The van der Waals surface area contributed by atoms with Crippen LogP contribution in [0, 0.1) is 51.2 Å². The van der Waals surface area contributed by atoms with Crippen LogP contribution in [-0.2, 0) is 11.3 Å². The van der Waals surface area contributed by atoms with Gasteiger partial charge in [-0.25, -0.2) is 9.78 Å². The summed E-state index contributed by atoms with van der Waals surface area (Å²) in [5.74, 6) is 2.55. The number of carbonyl (C=O) groups is 2. The van der Waals surface area contributed by atoms with Crippen LogP contribution in [0.3, 0.4) is 0 Å². The number of carbonyl (C=O) groups excluding carboxylic acids is 1. The number of aromatic carboxylic acids is 1. The molecule has 0 aliphatic heterocycles. The number of para-hydroxylation sites is 1. The largest absolute Gasteiger partial charge is 0.478 e. The number of nitrogens with one attached hydrogen (secondary N) is 1. The van der Waals surface area contributed by atoms with Crippen molar-refractivity contribution in [2.75, 3.05) is 0 Å². The number of allylic oxidation sites excluding steroid dienone is 2. The van der Waals surface area contributed by atoms with Gasteiger partial charge in [-0.3, -0.25) is 4.79 Å². The summed E-state index contributed by atoms with van der Waals surface area (Å²) in [6, 6.07) is 15.8. The zero-order valence-electron chi connectivity index (χ0n) is 28.5. The Labute approximate surface area is 283 Å². The third kappa shape index (κ3) is 4.63. The van der Waals surface area contributed by atoms with Crippen LogP contribution >= 0.6 is 11.3 Å². The number of aromatic nitrogens is 1. The Morgan fingerprint density at radius 2 is 1.66 bits per heavy atom. The topological polar surface area (TPSA) is 79.3 Å². The van der Waals surface area contributed by atoms with E-state index in [9.17, 15) is 14.7 Å². The van der Waals surface area contributed by atoms with Crippen LogP contribution in [-0.4, -0.2) is 22.0 Å². The molecule has 47 heavy (non-hydrogen) atoms. The van der Waals surface area contributed by atoms with E-state index in [1.165, 1.54) is 60.8 Å². The van der Waals surface area contributed by atoms with Crippen molar-refractivity contribution in [1.82, 2.24) is 10.3 Å². The van der Waals surface area contributed by atoms with Gasteiger partial charge in [-0.05, 0) is 139 Å². The number of amides is 1. The van der Waals surface area contributed by atoms with Crippen LogP contribution in [0.4, 0.5) is 0 Å². The summed E-state index contributed by atoms with van der Waals surface area (Å²) >= 11 is 1.70. The number of thiazole rings is 1. The van der Waals surface area contributed by atoms with E-state index < -0.39 is 5.97 Å². The maximum absolute atomic E-state index is 14.2. The summed E-state index contributed by atoms with van der Waals surface area (Å²) in [6.07, 6.45) is 14.3. The van der Waals surface area contributed by atoms with Crippen molar-refractivity contribution in [3.05, 3.63) is 70.7 Å². The Hall–Kier alpha value is -2.99. The molecule has 1 heterocycles. The molecule has 0 spiro atoms. The Morgan fingerprint density at radius 1 is 0.872 bits per heavy atom. The maximum atomic E-state index is 14.2. The van der Waals surface area contributed by atoms with E-state index in [-0.39, 0.29) is 16.2 Å². The molecule has 5 aliphatic rings. The van der Waals surface area contributed by atoms with E-state index >= 15 is 0 Å². The Kier molecular flexibility index (Phi) is 7.33. The summed E-state index contributed by atoms with van der Waals surface area (Å²) in [6.45, 7) is 10.7. The first-order valence-corrected chi connectivity index (χ1v) is 19.0. The van der Waals surface area contributed by atoms with Crippen molar-refractivity contribution in [2.24, 2.45) is 51.2 Å². The Bertz CT molecular complexity index is 1720. The fraction of sp³-hybridized carbons (Fsp3) is 0.585. The minimum Gasteiger partial charge on any atom is -0.478 e. The molecule has 1 amide bonds. The molecule has 248 valence electrons. The number of rotatable bonds is 5. The molecule has 6 heteroatoms. The van der Waals surface area contributed by atoms with Gasteiger partial charge in [0.2, 0.25) is 5.91 Å². The second-order valence-electron chi connectivity index (χ2n) is 16.9. The molecule has 8 rings (SSSR count). The number of hydrogen-bond donors (Lipinski definition) is 2. The minimum absolute atomic E-state index is 0.0183. The summed E-state index contributed by atoms with van der Waals surface area (Å²) in [4.78, 5) is 30.5. The Morgan fingerprint density at radius 3 is 2.43 bits per heavy atom. The standard InChI is InChI=1S/C41H50N2O3S/c1-38(2)28(25-11-13-26(14-12-25)36(44)45)17-21-40(4)33(38)19-22-39(3)29-18-23-41(20-7-8-30(41)27(29)15-16-34(39)40)37(46)42-24-35-43-31-9-5-6-10-32(31)47-35/h5-6,9-14,17,27,29-30,33-34H,7-8,15-16,18-24H2,1-4H3,(H,42,46)(H,44,45)/t27-,29?,30?,33?,34?,39-,40-,41-/m0/s1. The fourth-order valence-electron chi connectivity index (χ4n) is 12.8. The molecule has 1 aromatic heterocycles. The van der Waals surface area contributed by atoms with Crippen LogP contribution in [0.1, 0.15) is 113 Å². The van der Waals surface area contributed by atoms with Gasteiger partial charge in [0.25, 0.3) is 0 Å². The van der Waals surface area contributed by atoms with Crippen LogP contribution in [0.15, 0.2) is 54.6 Å². The molecule has 2 N–H and O–H groups in total. The van der Waals surface area contributed by atoms with Crippen molar-refractivity contribution in [3.8, 4) is 0 Å². The van der Waals surface area contributed by atoms with Gasteiger partial charge < -0.3 is 10.4 Å². The number of carboxylic acid groups (broad SMARTS) is 1.